The lowest BCUT2D eigenvalue weighted by molar-refractivity contribution is -0.384. The quantitative estimate of drug-likeness (QED) is 0.576. The number of halogens is 1. The van der Waals surface area contributed by atoms with Crippen molar-refractivity contribution in [1.29, 1.82) is 0 Å². The van der Waals surface area contributed by atoms with E-state index >= 15 is 0 Å². The minimum atomic E-state index is -0.734. The van der Waals surface area contributed by atoms with E-state index in [2.05, 4.69) is 12.2 Å². The van der Waals surface area contributed by atoms with Gasteiger partial charge in [-0.1, -0.05) is 37.6 Å². The number of benzene rings is 2. The number of amides is 1. The van der Waals surface area contributed by atoms with E-state index in [4.69, 9.17) is 16.3 Å². The number of nitrogens with zero attached hydrogens (tertiary/aromatic N) is 1. The largest absolute Gasteiger partial charge is 0.481 e. The smallest absolute Gasteiger partial charge is 0.271 e. The zero-order valence-electron chi connectivity index (χ0n) is 14.0. The second-order valence-electron chi connectivity index (χ2n) is 5.42. The molecule has 132 valence electrons. The maximum atomic E-state index is 12.4. The van der Waals surface area contributed by atoms with Crippen LogP contribution in [0.3, 0.4) is 0 Å². The van der Waals surface area contributed by atoms with E-state index in [1.165, 1.54) is 23.8 Å². The van der Waals surface area contributed by atoms with E-state index in [1.807, 2.05) is 31.2 Å². The molecule has 0 fully saturated rings. The number of aryl methyl sites for hydroxylation is 1. The number of hydrogen-bond donors (Lipinski definition) is 1. The minimum absolute atomic E-state index is 0.149. The number of nitrogens with one attached hydrogen (secondary N) is 1. The van der Waals surface area contributed by atoms with E-state index < -0.39 is 16.9 Å². The molecule has 0 aliphatic carbocycles. The molecule has 0 aromatic heterocycles. The molecule has 1 N–H and O–H groups in total. The number of ether oxygens (including phenoxy) is 1. The maximum Gasteiger partial charge on any atom is 0.271 e. The van der Waals surface area contributed by atoms with Crippen molar-refractivity contribution in [3.05, 3.63) is 63.2 Å². The van der Waals surface area contributed by atoms with Crippen LogP contribution in [-0.2, 0) is 11.2 Å². The number of carbonyl (C=O) groups excluding carboxylic acids is 1. The first-order valence-corrected chi connectivity index (χ1v) is 8.32. The van der Waals surface area contributed by atoms with Gasteiger partial charge in [-0.05, 0) is 36.6 Å². The Bertz CT molecular complexity index is 762. The molecule has 6 nitrogen and oxygen atoms in total. The topological polar surface area (TPSA) is 81.5 Å². The summed E-state index contributed by atoms with van der Waals surface area (Å²) in [6, 6.07) is 11.4. The van der Waals surface area contributed by atoms with Gasteiger partial charge in [-0.3, -0.25) is 14.9 Å². The first kappa shape index (κ1) is 18.7. The molecule has 0 aliphatic rings. The molecule has 1 atom stereocenters. The predicted octanol–water partition coefficient (Wildman–Crippen LogP) is 4.61. The third kappa shape index (κ3) is 4.93. The maximum absolute atomic E-state index is 12.4. The lowest BCUT2D eigenvalue weighted by Crippen LogP contribution is -2.32. The summed E-state index contributed by atoms with van der Waals surface area (Å²) in [5, 5.41) is 13.7. The highest BCUT2D eigenvalue weighted by atomic mass is 35.5. The molecule has 2 aromatic carbocycles. The van der Waals surface area contributed by atoms with Crippen molar-refractivity contribution in [2.24, 2.45) is 0 Å². The molecule has 0 bridgehead atoms. The first-order valence-electron chi connectivity index (χ1n) is 7.95. The van der Waals surface area contributed by atoms with Crippen molar-refractivity contribution in [3.63, 3.8) is 0 Å². The number of anilines is 1. The molecule has 7 heteroatoms. The summed E-state index contributed by atoms with van der Waals surface area (Å²) in [5.41, 5.74) is 1.21. The zero-order valence-corrected chi connectivity index (χ0v) is 14.7. The van der Waals surface area contributed by atoms with E-state index in [-0.39, 0.29) is 16.4 Å². The molecular weight excluding hydrogens is 344 g/mol. The summed E-state index contributed by atoms with van der Waals surface area (Å²) in [6.07, 6.45) is 0.625. The van der Waals surface area contributed by atoms with Crippen LogP contribution in [-0.4, -0.2) is 16.9 Å². The molecular formula is C18H19ClN2O4. The molecule has 0 aliphatic heterocycles. The van der Waals surface area contributed by atoms with Gasteiger partial charge in [0.2, 0.25) is 0 Å². The fourth-order valence-corrected chi connectivity index (χ4v) is 2.39. The van der Waals surface area contributed by atoms with Gasteiger partial charge in [0.1, 0.15) is 5.75 Å². The average molecular weight is 363 g/mol. The van der Waals surface area contributed by atoms with Crippen molar-refractivity contribution in [2.75, 3.05) is 5.32 Å². The number of rotatable bonds is 7. The molecule has 2 aromatic rings. The van der Waals surface area contributed by atoms with Crippen molar-refractivity contribution in [2.45, 2.75) is 32.8 Å². The standard InChI is InChI=1S/C18H19ClN2O4/c1-3-12-5-8-14(9-6-12)25-17(4-2)18(22)20-16-11-13(21(23)24)7-10-15(16)19/h5-11,17H,3-4H2,1-2H3,(H,20,22). The van der Waals surface area contributed by atoms with Gasteiger partial charge in [0.15, 0.2) is 6.10 Å². The highest BCUT2D eigenvalue weighted by Crippen LogP contribution is 2.27. The molecule has 0 saturated heterocycles. The van der Waals surface area contributed by atoms with Crippen LogP contribution >= 0.6 is 11.6 Å². The van der Waals surface area contributed by atoms with Crippen LogP contribution in [0.5, 0.6) is 5.75 Å². The van der Waals surface area contributed by atoms with Crippen LogP contribution in [0.2, 0.25) is 5.02 Å². The van der Waals surface area contributed by atoms with E-state index in [0.29, 0.717) is 12.2 Å². The van der Waals surface area contributed by atoms with Gasteiger partial charge in [-0.15, -0.1) is 0 Å². The van der Waals surface area contributed by atoms with Gasteiger partial charge in [-0.2, -0.15) is 0 Å². The van der Waals surface area contributed by atoms with Crippen LogP contribution in [0, 0.1) is 10.1 Å². The van der Waals surface area contributed by atoms with Crippen LogP contribution < -0.4 is 10.1 Å². The molecule has 2 rings (SSSR count). The Morgan fingerprint density at radius 3 is 2.48 bits per heavy atom. The second kappa shape index (κ2) is 8.48. The summed E-state index contributed by atoms with van der Waals surface area (Å²) in [7, 11) is 0. The molecule has 25 heavy (non-hydrogen) atoms. The van der Waals surface area contributed by atoms with Gasteiger partial charge in [0.05, 0.1) is 15.6 Å². The predicted molar refractivity (Wildman–Crippen MR) is 97.3 cm³/mol. The first-order chi connectivity index (χ1) is 11.9. The number of nitro groups is 1. The third-order valence-corrected chi connectivity index (χ3v) is 4.02. The molecule has 0 heterocycles. The van der Waals surface area contributed by atoms with Gasteiger partial charge in [0.25, 0.3) is 11.6 Å². The highest BCUT2D eigenvalue weighted by molar-refractivity contribution is 6.33. The Morgan fingerprint density at radius 1 is 1.24 bits per heavy atom. The second-order valence-corrected chi connectivity index (χ2v) is 5.83. The molecule has 1 unspecified atom stereocenters. The van der Waals surface area contributed by atoms with Crippen LogP contribution in [0.1, 0.15) is 25.8 Å². The average Bonchev–Trinajstić information content (AvgIpc) is 2.61. The van der Waals surface area contributed by atoms with E-state index in [9.17, 15) is 14.9 Å². The highest BCUT2D eigenvalue weighted by Gasteiger charge is 2.20. The summed E-state index contributed by atoms with van der Waals surface area (Å²) in [6.45, 7) is 3.88. The van der Waals surface area contributed by atoms with Crippen LogP contribution in [0.15, 0.2) is 42.5 Å². The van der Waals surface area contributed by atoms with E-state index in [1.54, 1.807) is 0 Å². The number of nitro benzene ring substituents is 1. The molecule has 0 spiro atoms. The van der Waals surface area contributed by atoms with E-state index in [0.717, 1.165) is 6.42 Å². The Labute approximate surface area is 150 Å². The van der Waals surface area contributed by atoms with Gasteiger partial charge >= 0.3 is 0 Å². The van der Waals surface area contributed by atoms with Crippen LogP contribution in [0.25, 0.3) is 0 Å². The van der Waals surface area contributed by atoms with Crippen molar-refractivity contribution >= 4 is 28.9 Å². The number of carbonyl (C=O) groups is 1. The van der Waals surface area contributed by atoms with Crippen LogP contribution in [0.4, 0.5) is 11.4 Å². The third-order valence-electron chi connectivity index (χ3n) is 3.69. The number of hydrogen-bond acceptors (Lipinski definition) is 4. The lowest BCUT2D eigenvalue weighted by atomic mass is 10.1. The van der Waals surface area contributed by atoms with Gasteiger partial charge < -0.3 is 10.1 Å². The summed E-state index contributed by atoms with van der Waals surface area (Å²) < 4.78 is 5.73. The SMILES string of the molecule is CCc1ccc(OC(CC)C(=O)Nc2cc([N+](=O)[O-])ccc2Cl)cc1. The molecule has 0 saturated carbocycles. The fraction of sp³-hybridized carbons (Fsp3) is 0.278. The Morgan fingerprint density at radius 2 is 1.92 bits per heavy atom. The van der Waals surface area contributed by atoms with Gasteiger partial charge in [-0.25, -0.2) is 0 Å². The van der Waals surface area contributed by atoms with Crippen molar-refractivity contribution < 1.29 is 14.5 Å². The summed E-state index contributed by atoms with van der Waals surface area (Å²) >= 11 is 6.01. The molecule has 0 radical (unpaired) electrons. The zero-order chi connectivity index (χ0) is 18.4. The fourth-order valence-electron chi connectivity index (χ4n) is 2.23. The Hall–Kier alpha value is -2.60. The summed E-state index contributed by atoms with van der Waals surface area (Å²) in [4.78, 5) is 22.8. The minimum Gasteiger partial charge on any atom is -0.481 e. The molecule has 1 amide bonds. The number of non-ortho nitro benzene ring substituents is 1. The van der Waals surface area contributed by atoms with Gasteiger partial charge in [0, 0.05) is 12.1 Å². The Balaban J connectivity index is 2.11. The Kier molecular flexibility index (Phi) is 6.36. The summed E-state index contributed by atoms with van der Waals surface area (Å²) in [5.74, 6) is 0.175. The van der Waals surface area contributed by atoms with Crippen molar-refractivity contribution in [3.8, 4) is 5.75 Å². The monoisotopic (exact) mass is 362 g/mol. The normalized spacial score (nSPS) is 11.6. The lowest BCUT2D eigenvalue weighted by Gasteiger charge is -2.18. The van der Waals surface area contributed by atoms with Crippen molar-refractivity contribution in [1.82, 2.24) is 0 Å².